The van der Waals surface area contributed by atoms with Crippen molar-refractivity contribution in [2.45, 2.75) is 16.0 Å². The molecule has 0 unspecified atom stereocenters. The van der Waals surface area contributed by atoms with Crippen LogP contribution >= 0.6 is 23.2 Å². The molecule has 0 radical (unpaired) electrons. The molecule has 2 atom stereocenters. The molecule has 0 heterocycles. The highest BCUT2D eigenvalue weighted by atomic mass is 35.5. The van der Waals surface area contributed by atoms with Gasteiger partial charge in [0.05, 0.1) is 10.8 Å². The first-order valence-corrected chi connectivity index (χ1v) is 7.53. The molecule has 0 aliphatic carbocycles. The molecule has 0 bridgehead atoms. The van der Waals surface area contributed by atoms with Crippen molar-refractivity contribution in [1.29, 1.82) is 0 Å². The van der Waals surface area contributed by atoms with Gasteiger partial charge >= 0.3 is 0 Å². The summed E-state index contributed by atoms with van der Waals surface area (Å²) in [6.45, 7) is 0. The first-order chi connectivity index (χ1) is 8.66. The monoisotopic (exact) mass is 298 g/mol. The van der Waals surface area contributed by atoms with E-state index in [2.05, 4.69) is 0 Å². The molecule has 94 valence electrons. The van der Waals surface area contributed by atoms with E-state index in [0.29, 0.717) is 16.3 Å². The van der Waals surface area contributed by atoms with E-state index in [4.69, 9.17) is 23.2 Å². The lowest BCUT2D eigenvalue weighted by molar-refractivity contribution is 0.680. The standard InChI is InChI=1S/C14H12Cl2OS/c15-12-6-8-13(9-7-12)18(17)14(16)10-11-4-2-1-3-5-11/h1-9,14H,10H2/t14-,18+/m0/s1. The van der Waals surface area contributed by atoms with Crippen molar-refractivity contribution in [3.63, 3.8) is 0 Å². The lowest BCUT2D eigenvalue weighted by Gasteiger charge is -2.09. The first kappa shape index (κ1) is 13.6. The van der Waals surface area contributed by atoms with Crippen LogP contribution in [0.4, 0.5) is 0 Å². The molecule has 0 aliphatic rings. The Bertz CT molecular complexity index is 525. The molecular formula is C14H12Cl2OS. The van der Waals surface area contributed by atoms with Gasteiger partial charge in [0.2, 0.25) is 0 Å². The van der Waals surface area contributed by atoms with Gasteiger partial charge in [0, 0.05) is 16.3 Å². The van der Waals surface area contributed by atoms with Gasteiger partial charge in [-0.25, -0.2) is 0 Å². The van der Waals surface area contributed by atoms with Crippen molar-refractivity contribution in [2.75, 3.05) is 0 Å². The quantitative estimate of drug-likeness (QED) is 0.771. The average molecular weight is 299 g/mol. The van der Waals surface area contributed by atoms with Gasteiger partial charge in [0.25, 0.3) is 0 Å². The lowest BCUT2D eigenvalue weighted by Crippen LogP contribution is -2.11. The van der Waals surface area contributed by atoms with Crippen molar-refractivity contribution in [3.8, 4) is 0 Å². The molecule has 0 saturated carbocycles. The molecule has 0 aromatic heterocycles. The molecule has 0 N–H and O–H groups in total. The number of hydrogen-bond acceptors (Lipinski definition) is 1. The summed E-state index contributed by atoms with van der Waals surface area (Å²) in [4.78, 5) is 0.704. The molecular weight excluding hydrogens is 287 g/mol. The zero-order chi connectivity index (χ0) is 13.0. The largest absolute Gasteiger partial charge is 0.253 e. The van der Waals surface area contributed by atoms with Crippen LogP contribution in [0.15, 0.2) is 59.5 Å². The van der Waals surface area contributed by atoms with E-state index in [-0.39, 0.29) is 0 Å². The second kappa shape index (κ2) is 6.37. The van der Waals surface area contributed by atoms with Crippen LogP contribution in [0.25, 0.3) is 0 Å². The van der Waals surface area contributed by atoms with Crippen LogP contribution in [-0.4, -0.2) is 8.92 Å². The Balaban J connectivity index is 2.07. The van der Waals surface area contributed by atoms with Crippen LogP contribution in [0, 0.1) is 0 Å². The predicted octanol–water partition coefficient (Wildman–Crippen LogP) is 4.26. The minimum Gasteiger partial charge on any atom is -0.253 e. The molecule has 0 fully saturated rings. The lowest BCUT2D eigenvalue weighted by atomic mass is 10.2. The summed E-state index contributed by atoms with van der Waals surface area (Å²) >= 11 is 12.0. The molecule has 0 spiro atoms. The van der Waals surface area contributed by atoms with Gasteiger partial charge in [0.15, 0.2) is 0 Å². The summed E-state index contributed by atoms with van der Waals surface area (Å²) in [5.41, 5.74) is 1.08. The van der Waals surface area contributed by atoms with E-state index in [0.717, 1.165) is 5.56 Å². The molecule has 1 nitrogen and oxygen atoms in total. The summed E-state index contributed by atoms with van der Waals surface area (Å²) in [5.74, 6) is 0. The Morgan fingerprint density at radius 2 is 1.61 bits per heavy atom. The van der Waals surface area contributed by atoms with Crippen LogP contribution < -0.4 is 0 Å². The Morgan fingerprint density at radius 3 is 2.22 bits per heavy atom. The summed E-state index contributed by atoms with van der Waals surface area (Å²) < 4.78 is 11.8. The van der Waals surface area contributed by atoms with Crippen LogP contribution in [0.3, 0.4) is 0 Å². The van der Waals surface area contributed by atoms with Gasteiger partial charge in [-0.05, 0) is 29.8 Å². The zero-order valence-electron chi connectivity index (χ0n) is 9.55. The summed E-state index contributed by atoms with van der Waals surface area (Å²) in [5, 5.41) is 0.630. The van der Waals surface area contributed by atoms with Gasteiger partial charge in [-0.2, -0.15) is 0 Å². The SMILES string of the molecule is O=[S@](c1ccc(Cl)cc1)[C@H](Cl)Cc1ccccc1. The number of hydrogen-bond donors (Lipinski definition) is 0. The van der Waals surface area contributed by atoms with E-state index in [1.54, 1.807) is 24.3 Å². The summed E-state index contributed by atoms with van der Waals surface area (Å²) in [6, 6.07) is 16.7. The Hall–Kier alpha value is -0.830. The summed E-state index contributed by atoms with van der Waals surface area (Å²) in [7, 11) is -1.23. The predicted molar refractivity (Wildman–Crippen MR) is 77.6 cm³/mol. The highest BCUT2D eigenvalue weighted by Crippen LogP contribution is 2.20. The molecule has 2 aromatic carbocycles. The van der Waals surface area contributed by atoms with E-state index in [1.807, 2.05) is 30.3 Å². The number of halogens is 2. The van der Waals surface area contributed by atoms with Gasteiger partial charge in [-0.1, -0.05) is 41.9 Å². The van der Waals surface area contributed by atoms with Crippen molar-refractivity contribution < 1.29 is 4.21 Å². The second-order valence-electron chi connectivity index (χ2n) is 3.85. The topological polar surface area (TPSA) is 17.1 Å². The van der Waals surface area contributed by atoms with E-state index >= 15 is 0 Å². The maximum Gasteiger partial charge on any atom is 0.117 e. The van der Waals surface area contributed by atoms with Gasteiger partial charge in [0.1, 0.15) is 4.71 Å². The van der Waals surface area contributed by atoms with Crippen LogP contribution in [0.2, 0.25) is 5.02 Å². The van der Waals surface area contributed by atoms with Crippen molar-refractivity contribution >= 4 is 34.0 Å². The van der Waals surface area contributed by atoms with E-state index < -0.39 is 15.5 Å². The fourth-order valence-electron chi connectivity index (χ4n) is 1.59. The molecule has 18 heavy (non-hydrogen) atoms. The molecule has 0 aliphatic heterocycles. The maximum absolute atomic E-state index is 12.2. The zero-order valence-corrected chi connectivity index (χ0v) is 11.9. The maximum atomic E-state index is 12.2. The van der Waals surface area contributed by atoms with Gasteiger partial charge in [-0.15, -0.1) is 11.6 Å². The molecule has 0 saturated heterocycles. The van der Waals surface area contributed by atoms with Crippen LogP contribution in [0.1, 0.15) is 5.56 Å². The summed E-state index contributed by atoms with van der Waals surface area (Å²) in [6.07, 6.45) is 0.581. The average Bonchev–Trinajstić information content (AvgIpc) is 2.40. The number of rotatable bonds is 4. The fraction of sp³-hybridized carbons (Fsp3) is 0.143. The molecule has 2 aromatic rings. The minimum absolute atomic E-state index is 0.437. The van der Waals surface area contributed by atoms with Crippen molar-refractivity contribution in [2.24, 2.45) is 0 Å². The van der Waals surface area contributed by atoms with Gasteiger partial charge in [-0.3, -0.25) is 4.21 Å². The van der Waals surface area contributed by atoms with Crippen molar-refractivity contribution in [3.05, 3.63) is 65.2 Å². The number of alkyl halides is 1. The molecule has 2 rings (SSSR count). The van der Waals surface area contributed by atoms with Crippen LogP contribution in [-0.2, 0) is 17.2 Å². The number of benzene rings is 2. The third-order valence-corrected chi connectivity index (χ3v) is 4.78. The fourth-order valence-corrected chi connectivity index (χ4v) is 3.25. The Labute approximate surface area is 119 Å². The second-order valence-corrected chi connectivity index (χ2v) is 6.71. The Morgan fingerprint density at radius 1 is 1.00 bits per heavy atom. The normalized spacial score (nSPS) is 14.1. The third-order valence-electron chi connectivity index (χ3n) is 2.52. The van der Waals surface area contributed by atoms with E-state index in [9.17, 15) is 4.21 Å². The highest BCUT2D eigenvalue weighted by Gasteiger charge is 2.15. The van der Waals surface area contributed by atoms with Gasteiger partial charge < -0.3 is 0 Å². The Kier molecular flexibility index (Phi) is 4.81. The molecule has 0 amide bonds. The van der Waals surface area contributed by atoms with Crippen LogP contribution in [0.5, 0.6) is 0 Å². The third kappa shape index (κ3) is 3.58. The minimum atomic E-state index is -1.23. The smallest absolute Gasteiger partial charge is 0.117 e. The van der Waals surface area contributed by atoms with E-state index in [1.165, 1.54) is 0 Å². The van der Waals surface area contributed by atoms with Crippen molar-refractivity contribution in [1.82, 2.24) is 0 Å². The highest BCUT2D eigenvalue weighted by molar-refractivity contribution is 7.87. The first-order valence-electron chi connectivity index (χ1n) is 5.51. The molecule has 4 heteroatoms.